The topological polar surface area (TPSA) is 73.5 Å². The van der Waals surface area contributed by atoms with Gasteiger partial charge in [0.2, 0.25) is 5.91 Å². The van der Waals surface area contributed by atoms with E-state index in [4.69, 9.17) is 0 Å². The van der Waals surface area contributed by atoms with Gasteiger partial charge in [-0.05, 0) is 43.9 Å². The number of rotatable bonds is 5. The summed E-state index contributed by atoms with van der Waals surface area (Å²) in [5, 5.41) is 8.80. The number of halogens is 3. The molecule has 3 N–H and O–H groups in total. The zero-order chi connectivity index (χ0) is 21.6. The number of urea groups is 1. The average Bonchev–Trinajstić information content (AvgIpc) is 2.73. The van der Waals surface area contributed by atoms with Crippen molar-refractivity contribution in [2.45, 2.75) is 63.2 Å². The molecule has 0 spiro atoms. The van der Waals surface area contributed by atoms with Crippen LogP contribution in [-0.2, 0) is 11.0 Å². The van der Waals surface area contributed by atoms with E-state index >= 15 is 0 Å². The molecule has 3 amide bonds. The first-order valence-corrected chi connectivity index (χ1v) is 10.6. The number of likely N-dealkylation sites (tertiary alicyclic amines) is 1. The van der Waals surface area contributed by atoms with Crippen LogP contribution in [0.2, 0.25) is 0 Å². The smallest absolute Gasteiger partial charge is 0.376 e. The van der Waals surface area contributed by atoms with Gasteiger partial charge in [-0.3, -0.25) is 4.79 Å². The molecule has 0 aromatic heterocycles. The van der Waals surface area contributed by atoms with Gasteiger partial charge >= 0.3 is 12.2 Å². The molecule has 1 aromatic rings. The quantitative estimate of drug-likeness (QED) is 0.672. The third-order valence-electron chi connectivity index (χ3n) is 5.76. The maximum Gasteiger partial charge on any atom is 0.416 e. The number of piperidine rings is 1. The zero-order valence-electron chi connectivity index (χ0n) is 16.9. The Labute approximate surface area is 174 Å². The van der Waals surface area contributed by atoms with Crippen LogP contribution in [0.15, 0.2) is 24.3 Å². The van der Waals surface area contributed by atoms with E-state index in [2.05, 4.69) is 16.0 Å². The van der Waals surface area contributed by atoms with Gasteiger partial charge in [0.25, 0.3) is 0 Å². The molecular weight excluding hydrogens is 397 g/mol. The third kappa shape index (κ3) is 6.53. The number of nitrogens with one attached hydrogen (secondary N) is 3. The lowest BCUT2D eigenvalue weighted by atomic mass is 9.96. The van der Waals surface area contributed by atoms with Crippen molar-refractivity contribution in [2.24, 2.45) is 0 Å². The van der Waals surface area contributed by atoms with E-state index in [-0.39, 0.29) is 36.3 Å². The largest absolute Gasteiger partial charge is 0.416 e. The highest BCUT2D eigenvalue weighted by atomic mass is 19.4. The summed E-state index contributed by atoms with van der Waals surface area (Å²) in [5.74, 6) is -0.169. The van der Waals surface area contributed by atoms with E-state index in [9.17, 15) is 22.8 Å². The summed E-state index contributed by atoms with van der Waals surface area (Å²) in [6.45, 7) is 0.955. The van der Waals surface area contributed by atoms with E-state index in [0.717, 1.165) is 37.8 Å². The minimum atomic E-state index is -4.42. The van der Waals surface area contributed by atoms with Crippen molar-refractivity contribution in [3.8, 4) is 0 Å². The van der Waals surface area contributed by atoms with E-state index in [1.165, 1.54) is 18.6 Å². The molecule has 1 saturated carbocycles. The Morgan fingerprint density at radius 2 is 1.60 bits per heavy atom. The fourth-order valence-corrected chi connectivity index (χ4v) is 4.03. The van der Waals surface area contributed by atoms with Crippen molar-refractivity contribution in [1.29, 1.82) is 0 Å². The van der Waals surface area contributed by atoms with Crippen LogP contribution in [0.4, 0.5) is 23.7 Å². The lowest BCUT2D eigenvalue weighted by Gasteiger charge is -2.33. The highest BCUT2D eigenvalue weighted by molar-refractivity contribution is 5.81. The van der Waals surface area contributed by atoms with Gasteiger partial charge in [0.05, 0.1) is 12.1 Å². The fourth-order valence-electron chi connectivity index (χ4n) is 4.03. The Balaban J connectivity index is 1.38. The molecule has 1 aliphatic heterocycles. The third-order valence-corrected chi connectivity index (χ3v) is 5.76. The summed E-state index contributed by atoms with van der Waals surface area (Å²) >= 11 is 0. The standard InChI is InChI=1S/C21H29F3N4O2/c22-21(23,24)15-5-4-8-18(13-15)25-14-19(29)28-11-9-17(10-12-28)27-20(30)26-16-6-2-1-3-7-16/h4-5,8,13,16-17,25H,1-3,6-7,9-12,14H2,(H2,26,27,30). The number of carbonyl (C=O) groups excluding carboxylic acids is 2. The van der Waals surface area contributed by atoms with Gasteiger partial charge in [0, 0.05) is 30.9 Å². The van der Waals surface area contributed by atoms with Crippen LogP contribution in [0.5, 0.6) is 0 Å². The Morgan fingerprint density at radius 1 is 0.967 bits per heavy atom. The predicted molar refractivity (Wildman–Crippen MR) is 108 cm³/mol. The average molecular weight is 426 g/mol. The number of nitrogens with zero attached hydrogens (tertiary/aromatic N) is 1. The minimum Gasteiger partial charge on any atom is -0.376 e. The van der Waals surface area contributed by atoms with E-state index in [1.807, 2.05) is 0 Å². The summed E-state index contributed by atoms with van der Waals surface area (Å²) in [6, 6.07) is 4.94. The van der Waals surface area contributed by atoms with E-state index < -0.39 is 11.7 Å². The monoisotopic (exact) mass is 426 g/mol. The molecule has 0 bridgehead atoms. The summed E-state index contributed by atoms with van der Waals surface area (Å²) in [7, 11) is 0. The van der Waals surface area contributed by atoms with Crippen LogP contribution in [0.1, 0.15) is 50.5 Å². The Kier molecular flexibility index (Phi) is 7.44. The second-order valence-electron chi connectivity index (χ2n) is 8.04. The van der Waals surface area contributed by atoms with Crippen molar-refractivity contribution < 1.29 is 22.8 Å². The molecular formula is C21H29F3N4O2. The van der Waals surface area contributed by atoms with Crippen LogP contribution in [0.3, 0.4) is 0 Å². The van der Waals surface area contributed by atoms with Crippen molar-refractivity contribution in [1.82, 2.24) is 15.5 Å². The first kappa shape index (κ1) is 22.2. The van der Waals surface area contributed by atoms with Crippen LogP contribution in [0.25, 0.3) is 0 Å². The van der Waals surface area contributed by atoms with Crippen LogP contribution in [-0.4, -0.2) is 48.6 Å². The Morgan fingerprint density at radius 3 is 2.23 bits per heavy atom. The van der Waals surface area contributed by atoms with Crippen molar-refractivity contribution >= 4 is 17.6 Å². The van der Waals surface area contributed by atoms with Gasteiger partial charge in [-0.25, -0.2) is 4.79 Å². The molecule has 0 atom stereocenters. The normalized spacial score (nSPS) is 18.7. The second kappa shape index (κ2) is 10.0. The molecule has 1 saturated heterocycles. The molecule has 1 aromatic carbocycles. The predicted octanol–water partition coefficient (Wildman–Crippen LogP) is 3.74. The number of hydrogen-bond acceptors (Lipinski definition) is 3. The molecule has 2 fully saturated rings. The molecule has 1 aliphatic carbocycles. The number of amides is 3. The highest BCUT2D eigenvalue weighted by Crippen LogP contribution is 2.30. The Hall–Kier alpha value is -2.45. The van der Waals surface area contributed by atoms with Crippen molar-refractivity contribution in [3.63, 3.8) is 0 Å². The first-order chi connectivity index (χ1) is 14.3. The number of benzene rings is 1. The summed E-state index contributed by atoms with van der Waals surface area (Å²) < 4.78 is 38.3. The van der Waals surface area contributed by atoms with Gasteiger partial charge in [-0.1, -0.05) is 25.3 Å². The van der Waals surface area contributed by atoms with E-state index in [0.29, 0.717) is 25.9 Å². The zero-order valence-corrected chi connectivity index (χ0v) is 16.9. The van der Waals surface area contributed by atoms with Crippen molar-refractivity contribution in [3.05, 3.63) is 29.8 Å². The fraction of sp³-hybridized carbons (Fsp3) is 0.619. The van der Waals surface area contributed by atoms with Gasteiger partial charge in [0.1, 0.15) is 0 Å². The van der Waals surface area contributed by atoms with Crippen LogP contribution >= 0.6 is 0 Å². The Bertz CT molecular complexity index is 727. The minimum absolute atomic E-state index is 0.0223. The molecule has 3 rings (SSSR count). The van der Waals surface area contributed by atoms with Crippen LogP contribution < -0.4 is 16.0 Å². The molecule has 30 heavy (non-hydrogen) atoms. The molecule has 0 radical (unpaired) electrons. The van der Waals surface area contributed by atoms with Gasteiger partial charge in [0.15, 0.2) is 0 Å². The summed E-state index contributed by atoms with van der Waals surface area (Å²) in [4.78, 5) is 26.2. The highest BCUT2D eigenvalue weighted by Gasteiger charge is 2.30. The summed E-state index contributed by atoms with van der Waals surface area (Å²) in [5.41, 5.74) is -0.493. The molecule has 2 aliphatic rings. The van der Waals surface area contributed by atoms with E-state index in [1.54, 1.807) is 4.90 Å². The second-order valence-corrected chi connectivity index (χ2v) is 8.04. The molecule has 9 heteroatoms. The first-order valence-electron chi connectivity index (χ1n) is 10.6. The lowest BCUT2D eigenvalue weighted by Crippen LogP contribution is -2.51. The molecule has 6 nitrogen and oxygen atoms in total. The molecule has 1 heterocycles. The molecule has 166 valence electrons. The lowest BCUT2D eigenvalue weighted by molar-refractivity contribution is -0.137. The maximum atomic E-state index is 12.8. The number of carbonyl (C=O) groups is 2. The van der Waals surface area contributed by atoms with Gasteiger partial charge in [-0.2, -0.15) is 13.2 Å². The maximum absolute atomic E-state index is 12.8. The summed E-state index contributed by atoms with van der Waals surface area (Å²) in [6.07, 6.45) is 2.49. The van der Waals surface area contributed by atoms with Crippen molar-refractivity contribution in [2.75, 3.05) is 25.0 Å². The number of anilines is 1. The SMILES string of the molecule is O=C(NC1CCCCC1)NC1CCN(C(=O)CNc2cccc(C(F)(F)F)c2)CC1. The molecule has 0 unspecified atom stereocenters. The van der Waals surface area contributed by atoms with Gasteiger partial charge < -0.3 is 20.9 Å². The number of alkyl halides is 3. The van der Waals surface area contributed by atoms with Gasteiger partial charge in [-0.15, -0.1) is 0 Å². The van der Waals surface area contributed by atoms with Crippen LogP contribution in [0, 0.1) is 0 Å². The number of hydrogen-bond donors (Lipinski definition) is 3.